The number of nitrogens with zero attached hydrogens (tertiary/aromatic N) is 1. The highest BCUT2D eigenvalue weighted by Crippen LogP contribution is 2.27. The molecule has 0 radical (unpaired) electrons. The summed E-state index contributed by atoms with van der Waals surface area (Å²) in [4.78, 5) is 25.5. The third-order valence-corrected chi connectivity index (χ3v) is 4.18. The highest BCUT2D eigenvalue weighted by Gasteiger charge is 2.24. The Kier molecular flexibility index (Phi) is 4.37. The minimum atomic E-state index is -0.436. The van der Waals surface area contributed by atoms with Gasteiger partial charge in [-0.05, 0) is 24.5 Å². The molecule has 1 aromatic heterocycles. The molecule has 2 heterocycles. The number of hydrogen-bond acceptors (Lipinski definition) is 3. The highest BCUT2D eigenvalue weighted by atomic mass is 16.4. The molecule has 0 spiro atoms. The van der Waals surface area contributed by atoms with E-state index in [0.29, 0.717) is 18.0 Å². The van der Waals surface area contributed by atoms with Crippen molar-refractivity contribution in [3.8, 4) is 0 Å². The number of amides is 1. The molecule has 3 rings (SSSR count). The van der Waals surface area contributed by atoms with Gasteiger partial charge in [-0.15, -0.1) is 0 Å². The van der Waals surface area contributed by atoms with Gasteiger partial charge in [-0.3, -0.25) is 4.79 Å². The molecule has 1 fully saturated rings. The van der Waals surface area contributed by atoms with Crippen LogP contribution >= 0.6 is 0 Å². The number of benzene rings is 1. The molecule has 0 aliphatic carbocycles. The van der Waals surface area contributed by atoms with Gasteiger partial charge in [0.2, 0.25) is 0 Å². The average Bonchev–Trinajstić information content (AvgIpc) is 2.82. The van der Waals surface area contributed by atoms with Crippen molar-refractivity contribution < 1.29 is 9.21 Å². The predicted octanol–water partition coefficient (Wildman–Crippen LogP) is 3.05. The fourth-order valence-electron chi connectivity index (χ4n) is 2.99. The van der Waals surface area contributed by atoms with Crippen LogP contribution < -0.4 is 5.63 Å². The lowest BCUT2D eigenvalue weighted by molar-refractivity contribution is 0.0751. The lowest BCUT2D eigenvalue weighted by Gasteiger charge is -2.24. The van der Waals surface area contributed by atoms with Gasteiger partial charge in [0.15, 0.2) is 0 Å². The van der Waals surface area contributed by atoms with Crippen molar-refractivity contribution in [1.82, 2.24) is 4.90 Å². The second-order valence-corrected chi connectivity index (χ2v) is 5.70. The Morgan fingerprint density at radius 2 is 1.91 bits per heavy atom. The normalized spacial score (nSPS) is 18.7. The third kappa shape index (κ3) is 3.27. The molecule has 4 heteroatoms. The molecule has 0 N–H and O–H groups in total. The molecule has 1 aliphatic rings. The first-order valence-corrected chi connectivity index (χ1v) is 7.67. The van der Waals surface area contributed by atoms with Gasteiger partial charge >= 0.3 is 5.63 Å². The molecular weight excluding hydrogens is 278 g/mol. The predicted molar refractivity (Wildman–Crippen MR) is 83.9 cm³/mol. The molecule has 0 saturated carbocycles. The van der Waals surface area contributed by atoms with Crippen LogP contribution in [-0.2, 0) is 0 Å². The van der Waals surface area contributed by atoms with Crippen molar-refractivity contribution in [2.75, 3.05) is 13.1 Å². The number of carbonyl (C=O) groups excluding carboxylic acids is 1. The van der Waals surface area contributed by atoms with Crippen molar-refractivity contribution in [2.24, 2.45) is 0 Å². The maximum Gasteiger partial charge on any atom is 0.335 e. The van der Waals surface area contributed by atoms with Gasteiger partial charge in [-0.2, -0.15) is 0 Å². The SMILES string of the molecule is O=C(c1ccc(=O)oc1)N1CCCCC(c2ccccc2)C1. The van der Waals surface area contributed by atoms with Crippen LogP contribution in [0.2, 0.25) is 0 Å². The van der Waals surface area contributed by atoms with E-state index in [2.05, 4.69) is 12.1 Å². The fourth-order valence-corrected chi connectivity index (χ4v) is 2.99. The van der Waals surface area contributed by atoms with E-state index in [1.165, 1.54) is 24.0 Å². The Bertz CT molecular complexity index is 672. The van der Waals surface area contributed by atoms with Crippen LogP contribution in [0.5, 0.6) is 0 Å². The number of likely N-dealkylation sites (tertiary alicyclic amines) is 1. The van der Waals surface area contributed by atoms with Gasteiger partial charge in [0.25, 0.3) is 5.91 Å². The number of hydrogen-bond donors (Lipinski definition) is 0. The standard InChI is InChI=1S/C18H19NO3/c20-17-10-9-16(13-22-17)18(21)19-11-5-4-8-15(12-19)14-6-2-1-3-7-14/h1-3,6-7,9-10,13,15H,4-5,8,11-12H2. The highest BCUT2D eigenvalue weighted by molar-refractivity contribution is 5.93. The lowest BCUT2D eigenvalue weighted by Crippen LogP contribution is -2.34. The zero-order chi connectivity index (χ0) is 15.4. The van der Waals surface area contributed by atoms with Crippen LogP contribution in [-0.4, -0.2) is 23.9 Å². The van der Waals surface area contributed by atoms with Crippen LogP contribution in [0.15, 0.2) is 57.9 Å². The summed E-state index contributed by atoms with van der Waals surface area (Å²) in [5.41, 5.74) is 1.28. The maximum absolute atomic E-state index is 12.6. The first-order valence-electron chi connectivity index (χ1n) is 7.67. The number of rotatable bonds is 2. The minimum absolute atomic E-state index is 0.0634. The van der Waals surface area contributed by atoms with Crippen LogP contribution in [0.4, 0.5) is 0 Å². The van der Waals surface area contributed by atoms with E-state index in [9.17, 15) is 9.59 Å². The molecule has 114 valence electrons. The molecule has 1 atom stereocenters. The van der Waals surface area contributed by atoms with E-state index >= 15 is 0 Å². The second kappa shape index (κ2) is 6.60. The van der Waals surface area contributed by atoms with E-state index in [-0.39, 0.29) is 5.91 Å². The van der Waals surface area contributed by atoms with Crippen LogP contribution in [0, 0.1) is 0 Å². The fraction of sp³-hybridized carbons (Fsp3) is 0.333. The van der Waals surface area contributed by atoms with E-state index in [4.69, 9.17) is 4.42 Å². The summed E-state index contributed by atoms with van der Waals surface area (Å²) in [7, 11) is 0. The first kappa shape index (κ1) is 14.6. The summed E-state index contributed by atoms with van der Waals surface area (Å²) in [6, 6.07) is 13.2. The second-order valence-electron chi connectivity index (χ2n) is 5.70. The summed E-state index contributed by atoms with van der Waals surface area (Å²) < 4.78 is 4.81. The molecular formula is C18H19NO3. The lowest BCUT2D eigenvalue weighted by atomic mass is 9.94. The summed E-state index contributed by atoms with van der Waals surface area (Å²) in [5.74, 6) is 0.301. The van der Waals surface area contributed by atoms with Crippen LogP contribution in [0.3, 0.4) is 0 Å². The van der Waals surface area contributed by atoms with Crippen LogP contribution in [0.25, 0.3) is 0 Å². The Labute approximate surface area is 129 Å². The van der Waals surface area contributed by atoms with Gasteiger partial charge in [0.05, 0.1) is 5.56 Å². The molecule has 1 aliphatic heterocycles. The summed E-state index contributed by atoms with van der Waals surface area (Å²) >= 11 is 0. The minimum Gasteiger partial charge on any atom is -0.430 e. The Morgan fingerprint density at radius 1 is 1.09 bits per heavy atom. The average molecular weight is 297 g/mol. The molecule has 4 nitrogen and oxygen atoms in total. The van der Waals surface area contributed by atoms with E-state index in [1.54, 1.807) is 0 Å². The van der Waals surface area contributed by atoms with Crippen LogP contribution in [0.1, 0.15) is 41.1 Å². The largest absolute Gasteiger partial charge is 0.430 e. The van der Waals surface area contributed by atoms with Gasteiger partial charge in [0, 0.05) is 25.1 Å². The molecule has 0 bridgehead atoms. The van der Waals surface area contributed by atoms with Gasteiger partial charge in [-0.25, -0.2) is 4.79 Å². The smallest absolute Gasteiger partial charge is 0.335 e. The zero-order valence-corrected chi connectivity index (χ0v) is 12.4. The van der Waals surface area contributed by atoms with E-state index in [1.807, 2.05) is 23.1 Å². The van der Waals surface area contributed by atoms with Crippen molar-refractivity contribution in [2.45, 2.75) is 25.2 Å². The maximum atomic E-state index is 12.6. The first-order chi connectivity index (χ1) is 10.7. The van der Waals surface area contributed by atoms with Crippen molar-refractivity contribution in [1.29, 1.82) is 0 Å². The molecule has 22 heavy (non-hydrogen) atoms. The van der Waals surface area contributed by atoms with Crippen molar-refractivity contribution >= 4 is 5.91 Å². The Morgan fingerprint density at radius 3 is 2.64 bits per heavy atom. The van der Waals surface area contributed by atoms with Gasteiger partial charge in [0.1, 0.15) is 6.26 Å². The molecule has 2 aromatic rings. The quantitative estimate of drug-likeness (QED) is 0.856. The molecule has 1 aromatic carbocycles. The number of carbonyl (C=O) groups is 1. The Hall–Kier alpha value is -2.36. The topological polar surface area (TPSA) is 50.5 Å². The summed E-state index contributed by atoms with van der Waals surface area (Å²) in [6.45, 7) is 1.46. The molecule has 1 amide bonds. The van der Waals surface area contributed by atoms with Gasteiger partial charge in [-0.1, -0.05) is 36.8 Å². The van der Waals surface area contributed by atoms with Crippen molar-refractivity contribution in [3.05, 3.63) is 70.3 Å². The summed E-state index contributed by atoms with van der Waals surface area (Å²) in [5, 5.41) is 0. The molecule has 1 unspecified atom stereocenters. The Balaban J connectivity index is 1.79. The zero-order valence-electron chi connectivity index (χ0n) is 12.4. The van der Waals surface area contributed by atoms with Crippen molar-refractivity contribution in [3.63, 3.8) is 0 Å². The van der Waals surface area contributed by atoms with Gasteiger partial charge < -0.3 is 9.32 Å². The van der Waals surface area contributed by atoms with E-state index < -0.39 is 5.63 Å². The monoisotopic (exact) mass is 297 g/mol. The summed E-state index contributed by atoms with van der Waals surface area (Å²) in [6.07, 6.45) is 4.48. The third-order valence-electron chi connectivity index (χ3n) is 4.18. The molecule has 1 saturated heterocycles. The van der Waals surface area contributed by atoms with E-state index in [0.717, 1.165) is 25.8 Å².